The molecule has 0 spiro atoms. The second-order valence-corrected chi connectivity index (χ2v) is 2.64. The van der Waals surface area contributed by atoms with Gasteiger partial charge in [-0.1, -0.05) is 6.92 Å². The Kier molecular flexibility index (Phi) is 2.25. The third-order valence-electron chi connectivity index (χ3n) is 1.88. The van der Waals surface area contributed by atoms with Gasteiger partial charge in [0.05, 0.1) is 12.7 Å². The van der Waals surface area contributed by atoms with Gasteiger partial charge in [0.1, 0.15) is 6.10 Å². The predicted molar refractivity (Wildman–Crippen MR) is 33.1 cm³/mol. The van der Waals surface area contributed by atoms with Crippen molar-refractivity contribution in [3.8, 4) is 0 Å². The Morgan fingerprint density at radius 1 is 1.30 bits per heavy atom. The molecule has 0 saturated carbocycles. The maximum Gasteiger partial charge on any atom is 0.181 e. The number of rotatable bonds is 0. The first-order chi connectivity index (χ1) is 4.63. The van der Waals surface area contributed by atoms with Crippen LogP contribution in [0.2, 0.25) is 0 Å². The molecule has 1 heterocycles. The molecular formula is C6H12O4. The first-order valence-electron chi connectivity index (χ1n) is 3.28. The van der Waals surface area contributed by atoms with E-state index in [0.717, 1.165) is 0 Å². The average molecular weight is 148 g/mol. The molecule has 10 heavy (non-hydrogen) atoms. The summed E-state index contributed by atoms with van der Waals surface area (Å²) in [7, 11) is 0. The van der Waals surface area contributed by atoms with E-state index in [2.05, 4.69) is 4.74 Å². The molecule has 60 valence electrons. The monoisotopic (exact) mass is 148 g/mol. The molecule has 3 N–H and O–H groups in total. The van der Waals surface area contributed by atoms with Gasteiger partial charge >= 0.3 is 0 Å². The van der Waals surface area contributed by atoms with Gasteiger partial charge in [-0.3, -0.25) is 0 Å². The second kappa shape index (κ2) is 2.84. The molecule has 1 saturated heterocycles. The molecule has 0 aromatic carbocycles. The number of aliphatic hydroxyl groups excluding tert-OH is 3. The zero-order chi connectivity index (χ0) is 7.72. The summed E-state index contributed by atoms with van der Waals surface area (Å²) in [6.45, 7) is 1.76. The molecule has 4 heteroatoms. The summed E-state index contributed by atoms with van der Waals surface area (Å²) < 4.78 is 4.63. The molecule has 1 rings (SSSR count). The molecule has 0 aliphatic carbocycles. The highest BCUT2D eigenvalue weighted by Crippen LogP contribution is 2.18. The molecule has 0 bridgehead atoms. The van der Waals surface area contributed by atoms with Crippen molar-refractivity contribution < 1.29 is 20.1 Å². The van der Waals surface area contributed by atoms with Gasteiger partial charge in [0, 0.05) is 5.92 Å². The van der Waals surface area contributed by atoms with Crippen molar-refractivity contribution in [1.82, 2.24) is 0 Å². The fourth-order valence-electron chi connectivity index (χ4n) is 0.935. The van der Waals surface area contributed by atoms with E-state index in [9.17, 15) is 0 Å². The summed E-state index contributed by atoms with van der Waals surface area (Å²) >= 11 is 0. The maximum absolute atomic E-state index is 9.08. The Morgan fingerprint density at radius 3 is 2.40 bits per heavy atom. The van der Waals surface area contributed by atoms with Crippen LogP contribution in [0.15, 0.2) is 0 Å². The van der Waals surface area contributed by atoms with Crippen LogP contribution in [-0.2, 0) is 4.74 Å². The van der Waals surface area contributed by atoms with E-state index in [4.69, 9.17) is 15.3 Å². The Bertz CT molecular complexity index is 102. The first kappa shape index (κ1) is 7.94. The van der Waals surface area contributed by atoms with Gasteiger partial charge in [-0.05, 0) is 0 Å². The normalized spacial score (nSPS) is 49.2. The van der Waals surface area contributed by atoms with Gasteiger partial charge in [0.25, 0.3) is 0 Å². The maximum atomic E-state index is 9.08. The molecule has 0 aromatic heterocycles. The smallest absolute Gasteiger partial charge is 0.181 e. The largest absolute Gasteiger partial charge is 0.390 e. The number of hydrogen-bond acceptors (Lipinski definition) is 4. The summed E-state index contributed by atoms with van der Waals surface area (Å²) in [6, 6.07) is 0. The van der Waals surface area contributed by atoms with Crippen LogP contribution < -0.4 is 0 Å². The van der Waals surface area contributed by atoms with Gasteiger partial charge in [-0.15, -0.1) is 0 Å². The lowest BCUT2D eigenvalue weighted by Crippen LogP contribution is -2.47. The minimum Gasteiger partial charge on any atom is -0.390 e. The Balaban J connectivity index is 2.52. The SMILES string of the molecule is CC1C(O)COC(O)C1O. The number of aliphatic hydroxyl groups is 3. The van der Waals surface area contributed by atoms with Crippen molar-refractivity contribution >= 4 is 0 Å². The zero-order valence-electron chi connectivity index (χ0n) is 5.77. The van der Waals surface area contributed by atoms with Crippen LogP contribution in [0.4, 0.5) is 0 Å². The molecular weight excluding hydrogens is 136 g/mol. The van der Waals surface area contributed by atoms with Crippen LogP contribution in [0.25, 0.3) is 0 Å². The Morgan fingerprint density at radius 2 is 1.90 bits per heavy atom. The van der Waals surface area contributed by atoms with Crippen LogP contribution in [0.1, 0.15) is 6.92 Å². The average Bonchev–Trinajstić information content (AvgIpc) is 1.93. The van der Waals surface area contributed by atoms with E-state index in [1.165, 1.54) is 0 Å². The van der Waals surface area contributed by atoms with Crippen molar-refractivity contribution in [2.24, 2.45) is 5.92 Å². The summed E-state index contributed by atoms with van der Waals surface area (Å²) in [5.74, 6) is -0.316. The van der Waals surface area contributed by atoms with Crippen molar-refractivity contribution in [3.05, 3.63) is 0 Å². The lowest BCUT2D eigenvalue weighted by molar-refractivity contribution is -0.233. The molecule has 0 amide bonds. The third-order valence-corrected chi connectivity index (χ3v) is 1.88. The van der Waals surface area contributed by atoms with Crippen LogP contribution in [0, 0.1) is 5.92 Å². The van der Waals surface area contributed by atoms with Crippen LogP contribution in [0.5, 0.6) is 0 Å². The van der Waals surface area contributed by atoms with E-state index in [1.54, 1.807) is 6.92 Å². The highest BCUT2D eigenvalue weighted by atomic mass is 16.6. The fraction of sp³-hybridized carbons (Fsp3) is 1.00. The quantitative estimate of drug-likeness (QED) is 0.399. The van der Waals surface area contributed by atoms with Gasteiger partial charge in [0.2, 0.25) is 0 Å². The molecule has 1 aliphatic heterocycles. The summed E-state index contributed by atoms with van der Waals surface area (Å²) in [5.41, 5.74) is 0. The summed E-state index contributed by atoms with van der Waals surface area (Å²) in [6.07, 6.45) is -2.78. The molecule has 0 aromatic rings. The molecule has 4 unspecified atom stereocenters. The molecule has 4 atom stereocenters. The number of hydrogen-bond donors (Lipinski definition) is 3. The van der Waals surface area contributed by atoms with E-state index in [-0.39, 0.29) is 12.5 Å². The van der Waals surface area contributed by atoms with Crippen molar-refractivity contribution in [3.63, 3.8) is 0 Å². The second-order valence-electron chi connectivity index (χ2n) is 2.64. The summed E-state index contributed by atoms with van der Waals surface area (Å²) in [5, 5.41) is 27.0. The van der Waals surface area contributed by atoms with Gasteiger partial charge < -0.3 is 20.1 Å². The highest BCUT2D eigenvalue weighted by Gasteiger charge is 2.34. The van der Waals surface area contributed by atoms with Crippen LogP contribution in [0.3, 0.4) is 0 Å². The van der Waals surface area contributed by atoms with Crippen molar-refractivity contribution in [2.45, 2.75) is 25.4 Å². The molecule has 4 nitrogen and oxygen atoms in total. The lowest BCUT2D eigenvalue weighted by Gasteiger charge is -2.33. The fourth-order valence-corrected chi connectivity index (χ4v) is 0.935. The zero-order valence-corrected chi connectivity index (χ0v) is 5.77. The van der Waals surface area contributed by atoms with E-state index in [1.807, 2.05) is 0 Å². The highest BCUT2D eigenvalue weighted by molar-refractivity contribution is 4.78. The topological polar surface area (TPSA) is 69.9 Å². The first-order valence-corrected chi connectivity index (χ1v) is 3.28. The number of ether oxygens (including phenoxy) is 1. The molecule has 1 aliphatic rings. The molecule has 1 fully saturated rings. The summed E-state index contributed by atoms with van der Waals surface area (Å²) in [4.78, 5) is 0. The van der Waals surface area contributed by atoms with Crippen LogP contribution >= 0.6 is 0 Å². The standard InChI is InChI=1S/C6H12O4/c1-3-4(7)2-10-6(9)5(3)8/h3-9H,2H2,1H3. The minimum absolute atomic E-state index is 0.0966. The van der Waals surface area contributed by atoms with E-state index < -0.39 is 18.5 Å². The molecule has 0 radical (unpaired) electrons. The van der Waals surface area contributed by atoms with Crippen LogP contribution in [-0.4, -0.2) is 40.4 Å². The Labute approximate surface area is 59.1 Å². The Hall–Kier alpha value is -0.160. The van der Waals surface area contributed by atoms with E-state index >= 15 is 0 Å². The van der Waals surface area contributed by atoms with E-state index in [0.29, 0.717) is 0 Å². The van der Waals surface area contributed by atoms with Crippen molar-refractivity contribution in [2.75, 3.05) is 6.61 Å². The van der Waals surface area contributed by atoms with Gasteiger partial charge in [-0.25, -0.2) is 0 Å². The van der Waals surface area contributed by atoms with Gasteiger partial charge in [0.15, 0.2) is 6.29 Å². The lowest BCUT2D eigenvalue weighted by atomic mass is 9.96. The minimum atomic E-state index is -1.14. The van der Waals surface area contributed by atoms with Gasteiger partial charge in [-0.2, -0.15) is 0 Å². The van der Waals surface area contributed by atoms with Crippen molar-refractivity contribution in [1.29, 1.82) is 0 Å². The predicted octanol–water partition coefficient (Wildman–Crippen LogP) is -1.31. The third kappa shape index (κ3) is 1.29.